The second-order valence-corrected chi connectivity index (χ2v) is 8.41. The van der Waals surface area contributed by atoms with E-state index in [0.29, 0.717) is 5.92 Å². The fraction of sp³-hybridized carbons (Fsp3) is 0.333. The number of amides is 1. The Morgan fingerprint density at radius 3 is 2.34 bits per heavy atom. The number of pyridine rings is 1. The monoisotopic (exact) mass is 429 g/mol. The van der Waals surface area contributed by atoms with Crippen LogP contribution in [0.25, 0.3) is 11.1 Å². The molecule has 1 aliphatic heterocycles. The Morgan fingerprint density at radius 2 is 1.69 bits per heavy atom. The molecule has 1 aromatic heterocycles. The maximum atomic E-state index is 12.2. The minimum atomic E-state index is -0.0934. The summed E-state index contributed by atoms with van der Waals surface area (Å²) in [5.74, 6) is 0.270. The van der Waals surface area contributed by atoms with Gasteiger partial charge in [-0.05, 0) is 60.7 Å². The first-order valence-corrected chi connectivity index (χ1v) is 11.3. The topological polar surface area (TPSA) is 54.5 Å². The van der Waals surface area contributed by atoms with Crippen LogP contribution in [-0.4, -0.2) is 42.6 Å². The SMILES string of the molecule is COCC(=O)N[C@@H](c1ccccn1)C1CCN(Cc2ccc(-c3ccccc3)cc2)CC1. The van der Waals surface area contributed by atoms with Crippen molar-refractivity contribution < 1.29 is 9.53 Å². The van der Waals surface area contributed by atoms with E-state index in [1.54, 1.807) is 13.3 Å². The Morgan fingerprint density at radius 1 is 1.00 bits per heavy atom. The number of piperidine rings is 1. The molecule has 2 aromatic carbocycles. The van der Waals surface area contributed by atoms with E-state index < -0.39 is 0 Å². The van der Waals surface area contributed by atoms with Crippen LogP contribution in [0.2, 0.25) is 0 Å². The number of carbonyl (C=O) groups excluding carboxylic acids is 1. The van der Waals surface area contributed by atoms with E-state index in [9.17, 15) is 4.79 Å². The number of methoxy groups -OCH3 is 1. The van der Waals surface area contributed by atoms with E-state index in [1.807, 2.05) is 24.3 Å². The lowest BCUT2D eigenvalue weighted by Gasteiger charge is -2.36. The largest absolute Gasteiger partial charge is 0.375 e. The predicted octanol–water partition coefficient (Wildman–Crippen LogP) is 4.46. The molecule has 1 amide bonds. The zero-order chi connectivity index (χ0) is 22.2. The van der Waals surface area contributed by atoms with Gasteiger partial charge in [-0.25, -0.2) is 0 Å². The van der Waals surface area contributed by atoms with E-state index in [0.717, 1.165) is 38.2 Å². The molecular weight excluding hydrogens is 398 g/mol. The van der Waals surface area contributed by atoms with Gasteiger partial charge in [-0.15, -0.1) is 0 Å². The molecule has 0 bridgehead atoms. The average molecular weight is 430 g/mol. The number of likely N-dealkylation sites (tertiary alicyclic amines) is 1. The third-order valence-corrected chi connectivity index (χ3v) is 6.17. The van der Waals surface area contributed by atoms with Gasteiger partial charge in [-0.1, -0.05) is 60.7 Å². The molecule has 1 N–H and O–H groups in total. The normalized spacial score (nSPS) is 15.9. The molecule has 0 spiro atoms. The van der Waals surface area contributed by atoms with Crippen LogP contribution >= 0.6 is 0 Å². The van der Waals surface area contributed by atoms with Gasteiger partial charge in [-0.2, -0.15) is 0 Å². The van der Waals surface area contributed by atoms with Crippen molar-refractivity contribution in [2.24, 2.45) is 5.92 Å². The first-order valence-electron chi connectivity index (χ1n) is 11.3. The van der Waals surface area contributed by atoms with E-state index in [2.05, 4.69) is 63.7 Å². The zero-order valence-electron chi connectivity index (χ0n) is 18.6. The van der Waals surface area contributed by atoms with Gasteiger partial charge < -0.3 is 10.1 Å². The molecule has 3 aromatic rings. The van der Waals surface area contributed by atoms with Crippen molar-refractivity contribution in [3.05, 3.63) is 90.3 Å². The molecule has 5 heteroatoms. The van der Waals surface area contributed by atoms with Crippen molar-refractivity contribution in [2.75, 3.05) is 26.8 Å². The van der Waals surface area contributed by atoms with Crippen molar-refractivity contribution in [3.63, 3.8) is 0 Å². The molecule has 0 radical (unpaired) electrons. The molecule has 32 heavy (non-hydrogen) atoms. The summed E-state index contributed by atoms with van der Waals surface area (Å²) in [7, 11) is 1.54. The van der Waals surface area contributed by atoms with Crippen molar-refractivity contribution in [1.29, 1.82) is 0 Å². The van der Waals surface area contributed by atoms with E-state index in [1.165, 1.54) is 16.7 Å². The lowest BCUT2D eigenvalue weighted by Crippen LogP contribution is -2.41. The van der Waals surface area contributed by atoms with Crippen LogP contribution in [0.4, 0.5) is 0 Å². The van der Waals surface area contributed by atoms with E-state index >= 15 is 0 Å². The highest BCUT2D eigenvalue weighted by atomic mass is 16.5. The quantitative estimate of drug-likeness (QED) is 0.574. The van der Waals surface area contributed by atoms with Crippen molar-refractivity contribution in [3.8, 4) is 11.1 Å². The fourth-order valence-corrected chi connectivity index (χ4v) is 4.48. The van der Waals surface area contributed by atoms with Gasteiger partial charge in [0, 0.05) is 19.9 Å². The van der Waals surface area contributed by atoms with Crippen molar-refractivity contribution in [2.45, 2.75) is 25.4 Å². The molecule has 0 aliphatic carbocycles. The number of aromatic nitrogens is 1. The summed E-state index contributed by atoms with van der Waals surface area (Å²) >= 11 is 0. The molecule has 166 valence electrons. The van der Waals surface area contributed by atoms with Gasteiger partial charge in [0.1, 0.15) is 6.61 Å². The number of nitrogens with zero attached hydrogens (tertiary/aromatic N) is 2. The number of benzene rings is 2. The summed E-state index contributed by atoms with van der Waals surface area (Å²) in [5, 5.41) is 3.15. The van der Waals surface area contributed by atoms with Crippen LogP contribution in [0.15, 0.2) is 79.0 Å². The summed E-state index contributed by atoms with van der Waals surface area (Å²) in [4.78, 5) is 19.2. The lowest BCUT2D eigenvalue weighted by atomic mass is 9.87. The second-order valence-electron chi connectivity index (χ2n) is 8.41. The van der Waals surface area contributed by atoms with Gasteiger partial charge in [0.25, 0.3) is 0 Å². The third-order valence-electron chi connectivity index (χ3n) is 6.17. The minimum Gasteiger partial charge on any atom is -0.375 e. The Balaban J connectivity index is 1.35. The highest BCUT2D eigenvalue weighted by Gasteiger charge is 2.29. The molecule has 4 rings (SSSR count). The molecule has 2 heterocycles. The number of ether oxygens (including phenoxy) is 1. The molecule has 1 fully saturated rings. The lowest BCUT2D eigenvalue weighted by molar-refractivity contribution is -0.126. The Bertz CT molecular complexity index is 969. The van der Waals surface area contributed by atoms with E-state index in [-0.39, 0.29) is 18.6 Å². The van der Waals surface area contributed by atoms with Crippen molar-refractivity contribution >= 4 is 5.91 Å². The average Bonchev–Trinajstić information content (AvgIpc) is 2.85. The van der Waals surface area contributed by atoms with Gasteiger partial charge in [0.05, 0.1) is 11.7 Å². The fourth-order valence-electron chi connectivity index (χ4n) is 4.48. The smallest absolute Gasteiger partial charge is 0.246 e. The second kappa shape index (κ2) is 11.0. The van der Waals surface area contributed by atoms with Crippen LogP contribution in [-0.2, 0) is 16.1 Å². The number of hydrogen-bond donors (Lipinski definition) is 1. The molecule has 1 aliphatic rings. The predicted molar refractivity (Wildman–Crippen MR) is 127 cm³/mol. The third kappa shape index (κ3) is 5.81. The van der Waals surface area contributed by atoms with Crippen LogP contribution in [0.3, 0.4) is 0 Å². The maximum absolute atomic E-state index is 12.2. The Labute approximate surface area is 190 Å². The number of nitrogens with one attached hydrogen (secondary N) is 1. The van der Waals surface area contributed by atoms with Gasteiger partial charge >= 0.3 is 0 Å². The summed E-state index contributed by atoms with van der Waals surface area (Å²) in [5.41, 5.74) is 4.75. The van der Waals surface area contributed by atoms with Crippen molar-refractivity contribution in [1.82, 2.24) is 15.2 Å². The number of hydrogen-bond acceptors (Lipinski definition) is 4. The molecule has 1 saturated heterocycles. The Kier molecular flexibility index (Phi) is 7.64. The van der Waals surface area contributed by atoms with Crippen LogP contribution in [0.1, 0.15) is 30.1 Å². The molecule has 1 atom stereocenters. The Hall–Kier alpha value is -3.02. The van der Waals surface area contributed by atoms with Crippen LogP contribution in [0.5, 0.6) is 0 Å². The first kappa shape index (κ1) is 22.2. The first-order chi connectivity index (χ1) is 15.7. The highest BCUT2D eigenvalue weighted by molar-refractivity contribution is 5.77. The minimum absolute atomic E-state index is 0.0706. The molecule has 0 unspecified atom stereocenters. The van der Waals surface area contributed by atoms with Crippen LogP contribution in [0, 0.1) is 5.92 Å². The number of carbonyl (C=O) groups is 1. The van der Waals surface area contributed by atoms with E-state index in [4.69, 9.17) is 4.74 Å². The van der Waals surface area contributed by atoms with Gasteiger partial charge in [0.2, 0.25) is 5.91 Å². The molecular formula is C27H31N3O2. The molecule has 0 saturated carbocycles. The van der Waals surface area contributed by atoms with Gasteiger partial charge in [0.15, 0.2) is 0 Å². The zero-order valence-corrected chi connectivity index (χ0v) is 18.6. The summed E-state index contributed by atoms with van der Waals surface area (Å²) < 4.78 is 5.01. The standard InChI is InChI=1S/C27H31N3O2/c1-32-20-26(31)29-27(25-9-5-6-16-28-25)24-14-17-30(18-15-24)19-21-10-12-23(13-11-21)22-7-3-2-4-8-22/h2-13,16,24,27H,14-15,17-20H2,1H3,(H,29,31)/t27-/m1/s1. The summed E-state index contributed by atoms with van der Waals surface area (Å²) in [6.07, 6.45) is 3.84. The molecule has 5 nitrogen and oxygen atoms in total. The summed E-state index contributed by atoms with van der Waals surface area (Å²) in [6.45, 7) is 3.04. The maximum Gasteiger partial charge on any atom is 0.246 e. The highest BCUT2D eigenvalue weighted by Crippen LogP contribution is 2.30. The summed E-state index contributed by atoms with van der Waals surface area (Å²) in [6, 6.07) is 25.2. The van der Waals surface area contributed by atoms with Crippen LogP contribution < -0.4 is 5.32 Å². The van der Waals surface area contributed by atoms with Gasteiger partial charge in [-0.3, -0.25) is 14.7 Å². The number of rotatable bonds is 8.